The maximum Gasteiger partial charge on any atom is 0.414 e. The first-order valence-corrected chi connectivity index (χ1v) is 11.9. The molecule has 0 fully saturated rings. The lowest BCUT2D eigenvalue weighted by molar-refractivity contribution is -0.384. The van der Waals surface area contributed by atoms with Gasteiger partial charge in [0.15, 0.2) is 11.6 Å². The zero-order valence-corrected chi connectivity index (χ0v) is 19.3. The first-order chi connectivity index (χ1) is 16.6. The molecule has 1 amide bonds. The minimum atomic E-state index is -4.64. The number of carbonyl (C=O) groups is 1. The van der Waals surface area contributed by atoms with Crippen molar-refractivity contribution >= 4 is 44.8 Å². The number of benzene rings is 3. The summed E-state index contributed by atoms with van der Waals surface area (Å²) in [5, 5.41) is 11.5. The summed E-state index contributed by atoms with van der Waals surface area (Å²) < 4.78 is 60.9. The summed E-state index contributed by atoms with van der Waals surface area (Å²) in [5.74, 6) is -2.52. The van der Waals surface area contributed by atoms with E-state index in [0.717, 1.165) is 17.0 Å². The van der Waals surface area contributed by atoms with Crippen molar-refractivity contribution in [3.63, 3.8) is 0 Å². The topological polar surface area (TPSA) is 119 Å². The molecule has 0 saturated carbocycles. The van der Waals surface area contributed by atoms with E-state index in [1.807, 2.05) is 0 Å². The number of anilines is 2. The summed E-state index contributed by atoms with van der Waals surface area (Å²) in [4.78, 5) is 24.0. The molecule has 0 aromatic heterocycles. The van der Waals surface area contributed by atoms with Gasteiger partial charge in [-0.15, -0.1) is 0 Å². The summed E-state index contributed by atoms with van der Waals surface area (Å²) in [6, 6.07) is 12.1. The van der Waals surface area contributed by atoms with Crippen LogP contribution < -0.4 is 9.62 Å². The monoisotopic (exact) mass is 523 g/mol. The second-order valence-corrected chi connectivity index (χ2v) is 9.62. The molecule has 0 spiro atoms. The van der Waals surface area contributed by atoms with Crippen LogP contribution in [-0.2, 0) is 27.8 Å². The third-order valence-electron chi connectivity index (χ3n) is 5.19. The molecule has 1 N–H and O–H groups in total. The highest BCUT2D eigenvalue weighted by molar-refractivity contribution is 7.92. The Morgan fingerprint density at radius 1 is 1.14 bits per heavy atom. The number of nitrogens with one attached hydrogen (secondary N) is 1. The highest BCUT2D eigenvalue weighted by atomic mass is 35.5. The average molecular weight is 524 g/mol. The first kappa shape index (κ1) is 24.4. The number of nitrogens with zero attached hydrogens (tertiary/aromatic N) is 2. The van der Waals surface area contributed by atoms with Crippen LogP contribution in [0, 0.1) is 21.7 Å². The van der Waals surface area contributed by atoms with Crippen LogP contribution >= 0.6 is 11.6 Å². The van der Waals surface area contributed by atoms with Gasteiger partial charge in [0.2, 0.25) is 0 Å². The largest absolute Gasteiger partial charge is 0.444 e. The van der Waals surface area contributed by atoms with Gasteiger partial charge >= 0.3 is 6.09 Å². The van der Waals surface area contributed by atoms with Gasteiger partial charge in [0.25, 0.3) is 15.7 Å². The molecular formula is C22H16ClF2N3O6S. The van der Waals surface area contributed by atoms with Crippen LogP contribution in [0.2, 0.25) is 5.02 Å². The number of amides is 1. The van der Waals surface area contributed by atoms with E-state index >= 15 is 0 Å². The van der Waals surface area contributed by atoms with Crippen molar-refractivity contribution in [3.8, 4) is 0 Å². The van der Waals surface area contributed by atoms with Crippen LogP contribution in [0.25, 0.3) is 0 Å². The van der Waals surface area contributed by atoms with Gasteiger partial charge in [0.1, 0.15) is 18.0 Å². The van der Waals surface area contributed by atoms with E-state index in [2.05, 4.69) is 0 Å². The Labute approximate surface area is 203 Å². The summed E-state index contributed by atoms with van der Waals surface area (Å²) in [5.41, 5.74) is -0.856. The minimum absolute atomic E-state index is 0.0150. The van der Waals surface area contributed by atoms with E-state index in [4.69, 9.17) is 16.3 Å². The molecule has 0 unspecified atom stereocenters. The SMILES string of the molecule is O=C(OCc1ccccc1)N1CCc2cc(S(=O)(=O)Nc3c(F)cc(Cl)cc3F)cc([N+](=O)[O-])c21. The number of ether oxygens (including phenoxy) is 1. The molecule has 3 aromatic carbocycles. The number of halogens is 3. The van der Waals surface area contributed by atoms with Gasteiger partial charge in [0, 0.05) is 17.6 Å². The second-order valence-electron chi connectivity index (χ2n) is 7.50. The fraction of sp³-hybridized carbons (Fsp3) is 0.136. The summed E-state index contributed by atoms with van der Waals surface area (Å²) >= 11 is 5.55. The normalized spacial score (nSPS) is 12.8. The van der Waals surface area contributed by atoms with Crippen molar-refractivity contribution in [2.45, 2.75) is 17.9 Å². The Kier molecular flexibility index (Phi) is 6.59. The van der Waals surface area contributed by atoms with Gasteiger partial charge in [-0.3, -0.25) is 19.7 Å². The summed E-state index contributed by atoms with van der Waals surface area (Å²) in [6.45, 7) is -0.0466. The van der Waals surface area contributed by atoms with Gasteiger partial charge < -0.3 is 4.74 Å². The van der Waals surface area contributed by atoms with E-state index in [-0.39, 0.29) is 35.8 Å². The van der Waals surface area contributed by atoms with Crippen LogP contribution in [0.1, 0.15) is 11.1 Å². The molecule has 0 radical (unpaired) electrons. The Balaban J connectivity index is 1.65. The Morgan fingerprint density at radius 3 is 2.43 bits per heavy atom. The maximum absolute atomic E-state index is 14.1. The first-order valence-electron chi connectivity index (χ1n) is 10.0. The Hall–Kier alpha value is -3.77. The van der Waals surface area contributed by atoms with Crippen LogP contribution in [0.5, 0.6) is 0 Å². The molecule has 1 aliphatic rings. The zero-order chi connectivity index (χ0) is 25.3. The lowest BCUT2D eigenvalue weighted by Gasteiger charge is -2.18. The van der Waals surface area contributed by atoms with E-state index in [1.54, 1.807) is 35.1 Å². The number of fused-ring (bicyclic) bond motifs is 1. The Bertz CT molecular complexity index is 1410. The third-order valence-corrected chi connectivity index (χ3v) is 6.74. The molecule has 182 valence electrons. The molecule has 9 nitrogen and oxygen atoms in total. The van der Waals surface area contributed by atoms with Crippen LogP contribution in [0.4, 0.5) is 30.6 Å². The van der Waals surface area contributed by atoms with Crippen molar-refractivity contribution in [2.24, 2.45) is 0 Å². The molecular weight excluding hydrogens is 508 g/mol. The molecule has 0 bridgehead atoms. The number of rotatable bonds is 6. The van der Waals surface area contributed by atoms with E-state index in [1.165, 1.54) is 0 Å². The zero-order valence-electron chi connectivity index (χ0n) is 17.7. The van der Waals surface area contributed by atoms with Crippen LogP contribution in [0.15, 0.2) is 59.5 Å². The van der Waals surface area contributed by atoms with Crippen LogP contribution in [0.3, 0.4) is 0 Å². The lowest BCUT2D eigenvalue weighted by Crippen LogP contribution is -2.30. The number of nitro groups is 1. The average Bonchev–Trinajstić information content (AvgIpc) is 3.24. The molecule has 0 saturated heterocycles. The van der Waals surface area contributed by atoms with Crippen LogP contribution in [-0.4, -0.2) is 26.0 Å². The van der Waals surface area contributed by atoms with Gasteiger partial charge in [-0.2, -0.15) is 0 Å². The molecule has 1 heterocycles. The van der Waals surface area contributed by atoms with Crippen molar-refractivity contribution in [2.75, 3.05) is 16.2 Å². The number of nitro benzene ring substituents is 1. The quantitative estimate of drug-likeness (QED) is 0.357. The molecule has 35 heavy (non-hydrogen) atoms. The molecule has 4 rings (SSSR count). The van der Waals surface area contributed by atoms with Crippen molar-refractivity contribution in [1.82, 2.24) is 0 Å². The Morgan fingerprint density at radius 2 is 1.80 bits per heavy atom. The number of hydrogen-bond donors (Lipinski definition) is 1. The van der Waals surface area contributed by atoms with Gasteiger partial charge in [-0.05, 0) is 35.7 Å². The predicted octanol–water partition coefficient (Wildman–Crippen LogP) is 5.03. The fourth-order valence-electron chi connectivity index (χ4n) is 3.60. The summed E-state index contributed by atoms with van der Waals surface area (Å²) in [7, 11) is -4.64. The number of carbonyl (C=O) groups excluding carboxylic acids is 1. The van der Waals surface area contributed by atoms with Gasteiger partial charge in [0.05, 0.1) is 9.82 Å². The second kappa shape index (κ2) is 9.47. The van der Waals surface area contributed by atoms with E-state index in [9.17, 15) is 32.1 Å². The highest BCUT2D eigenvalue weighted by Gasteiger charge is 2.36. The lowest BCUT2D eigenvalue weighted by atomic mass is 10.1. The number of sulfonamides is 1. The molecule has 1 aliphatic heterocycles. The summed E-state index contributed by atoms with van der Waals surface area (Å²) in [6.07, 6.45) is -0.737. The predicted molar refractivity (Wildman–Crippen MR) is 123 cm³/mol. The maximum atomic E-state index is 14.1. The third kappa shape index (κ3) is 5.03. The van der Waals surface area contributed by atoms with E-state index < -0.39 is 48.9 Å². The minimum Gasteiger partial charge on any atom is -0.444 e. The standard InChI is InChI=1S/C22H16ClF2N3O6S/c23-15-9-17(24)20(18(25)10-15)26-35(32,33)16-8-14-6-7-27(21(14)19(11-16)28(30)31)22(29)34-12-13-4-2-1-3-5-13/h1-5,8-11,26H,6-7,12H2. The van der Waals surface area contributed by atoms with Crippen molar-refractivity contribution < 1.29 is 31.7 Å². The molecule has 0 aliphatic carbocycles. The van der Waals surface area contributed by atoms with Gasteiger partial charge in [-0.25, -0.2) is 22.0 Å². The van der Waals surface area contributed by atoms with Gasteiger partial charge in [-0.1, -0.05) is 41.9 Å². The van der Waals surface area contributed by atoms with Crippen molar-refractivity contribution in [3.05, 3.63) is 92.5 Å². The smallest absolute Gasteiger partial charge is 0.414 e. The number of hydrogen-bond acceptors (Lipinski definition) is 6. The molecule has 13 heteroatoms. The van der Waals surface area contributed by atoms with Crippen molar-refractivity contribution in [1.29, 1.82) is 0 Å². The molecule has 3 aromatic rings. The molecule has 0 atom stereocenters. The fourth-order valence-corrected chi connectivity index (χ4v) is 4.94. The highest BCUT2D eigenvalue weighted by Crippen LogP contribution is 2.40. The van der Waals surface area contributed by atoms with E-state index in [0.29, 0.717) is 17.7 Å².